The number of nitrogens with two attached hydrogens (primary N) is 1. The lowest BCUT2D eigenvalue weighted by Gasteiger charge is -2.14. The molecule has 5 heteroatoms. The molecule has 1 atom stereocenters. The van der Waals surface area contributed by atoms with Crippen LogP contribution in [-0.4, -0.2) is 5.17 Å². The first kappa shape index (κ1) is 11.2. The fourth-order valence-corrected chi connectivity index (χ4v) is 1.27. The lowest BCUT2D eigenvalue weighted by Crippen LogP contribution is -2.31. The van der Waals surface area contributed by atoms with Crippen LogP contribution in [0.25, 0.3) is 0 Å². The van der Waals surface area contributed by atoms with E-state index in [4.69, 9.17) is 34.4 Å². The van der Waals surface area contributed by atoms with Crippen molar-refractivity contribution in [2.24, 2.45) is 5.84 Å². The zero-order valence-corrected chi connectivity index (χ0v) is 9.23. The van der Waals surface area contributed by atoms with Crippen LogP contribution in [0, 0.1) is 0 Å². The van der Waals surface area contributed by atoms with Gasteiger partial charge in [-0.3, -0.25) is 5.43 Å². The van der Waals surface area contributed by atoms with E-state index in [9.17, 15) is 0 Å². The quantitative estimate of drug-likeness (QED) is 0.465. The monoisotopic (exact) mass is 230 g/mol. The maximum absolute atomic E-state index is 5.75. The maximum Gasteiger partial charge on any atom is 0.271 e. The van der Waals surface area contributed by atoms with Gasteiger partial charge in [0.05, 0.1) is 0 Å². The summed E-state index contributed by atoms with van der Waals surface area (Å²) >= 11 is 10.5. The summed E-state index contributed by atoms with van der Waals surface area (Å²) < 4.78 is 5.28. The van der Waals surface area contributed by atoms with E-state index in [0.29, 0.717) is 5.02 Å². The molecule has 3 N–H and O–H groups in total. The molecule has 1 rings (SSSR count). The third-order valence-electron chi connectivity index (χ3n) is 1.74. The highest BCUT2D eigenvalue weighted by atomic mass is 35.5. The Balaban J connectivity index is 2.65. The van der Waals surface area contributed by atoms with Gasteiger partial charge in [-0.05, 0) is 36.8 Å². The summed E-state index contributed by atoms with van der Waals surface area (Å²) in [6.45, 7) is 1.88. The van der Waals surface area contributed by atoms with E-state index in [1.54, 1.807) is 12.1 Å². The fourth-order valence-electron chi connectivity index (χ4n) is 0.996. The van der Waals surface area contributed by atoms with Gasteiger partial charge in [0.1, 0.15) is 6.10 Å². The van der Waals surface area contributed by atoms with Crippen molar-refractivity contribution in [1.82, 2.24) is 5.43 Å². The number of nitrogens with one attached hydrogen (secondary N) is 1. The predicted octanol–water partition coefficient (Wildman–Crippen LogP) is 2.17. The molecule has 0 fully saturated rings. The number of hydrazine groups is 1. The normalized spacial score (nSPS) is 11.9. The van der Waals surface area contributed by atoms with Gasteiger partial charge in [0.25, 0.3) is 5.17 Å². The average Bonchev–Trinajstić information content (AvgIpc) is 2.18. The first-order valence-corrected chi connectivity index (χ1v) is 4.85. The van der Waals surface area contributed by atoms with Gasteiger partial charge in [0.2, 0.25) is 0 Å². The standard InChI is InChI=1S/C9H11ClN2OS/c1-6(13-9(14)12-11)7-2-4-8(10)5-3-7/h2-6H,11H2,1H3,(H,12,14). The van der Waals surface area contributed by atoms with Crippen molar-refractivity contribution in [3.63, 3.8) is 0 Å². The fraction of sp³-hybridized carbons (Fsp3) is 0.222. The van der Waals surface area contributed by atoms with Crippen LogP contribution in [0.1, 0.15) is 18.6 Å². The average molecular weight is 231 g/mol. The minimum Gasteiger partial charge on any atom is -0.462 e. The van der Waals surface area contributed by atoms with Crippen LogP contribution < -0.4 is 11.3 Å². The summed E-state index contributed by atoms with van der Waals surface area (Å²) in [5.74, 6) is 5.09. The van der Waals surface area contributed by atoms with Crippen molar-refractivity contribution in [2.45, 2.75) is 13.0 Å². The summed E-state index contributed by atoms with van der Waals surface area (Å²) in [6.07, 6.45) is -0.143. The number of hydrogen-bond acceptors (Lipinski definition) is 3. The van der Waals surface area contributed by atoms with Crippen LogP contribution in [0.4, 0.5) is 0 Å². The van der Waals surface area contributed by atoms with Crippen LogP contribution in [0.5, 0.6) is 0 Å². The molecule has 0 saturated heterocycles. The predicted molar refractivity (Wildman–Crippen MR) is 60.9 cm³/mol. The highest BCUT2D eigenvalue weighted by Crippen LogP contribution is 2.18. The molecule has 0 aromatic heterocycles. The Morgan fingerprint density at radius 2 is 2.07 bits per heavy atom. The number of benzene rings is 1. The Bertz CT molecular complexity index is 315. The van der Waals surface area contributed by atoms with Gasteiger partial charge in [-0.25, -0.2) is 5.84 Å². The first-order chi connectivity index (χ1) is 6.63. The molecule has 0 aliphatic carbocycles. The summed E-state index contributed by atoms with van der Waals surface area (Å²) in [7, 11) is 0. The second-order valence-electron chi connectivity index (χ2n) is 2.74. The minimum absolute atomic E-state index is 0.143. The number of rotatable bonds is 2. The number of ether oxygens (including phenoxy) is 1. The van der Waals surface area contributed by atoms with E-state index in [0.717, 1.165) is 5.56 Å². The van der Waals surface area contributed by atoms with Crippen molar-refractivity contribution in [2.75, 3.05) is 0 Å². The molecule has 0 bridgehead atoms. The molecule has 1 aromatic carbocycles. The van der Waals surface area contributed by atoms with Crippen molar-refractivity contribution in [3.8, 4) is 0 Å². The molecular formula is C9H11ClN2OS. The van der Waals surface area contributed by atoms with Gasteiger partial charge in [0, 0.05) is 5.02 Å². The Kier molecular flexibility index (Phi) is 4.13. The van der Waals surface area contributed by atoms with Crippen molar-refractivity contribution < 1.29 is 4.74 Å². The Morgan fingerprint density at radius 3 is 2.57 bits per heavy atom. The van der Waals surface area contributed by atoms with Gasteiger partial charge in [-0.15, -0.1) is 0 Å². The van der Waals surface area contributed by atoms with Gasteiger partial charge in [0.15, 0.2) is 0 Å². The summed E-state index contributed by atoms with van der Waals surface area (Å²) in [6, 6.07) is 7.36. The molecule has 0 aliphatic heterocycles. The van der Waals surface area contributed by atoms with Crippen LogP contribution in [0.3, 0.4) is 0 Å². The van der Waals surface area contributed by atoms with Crippen molar-refractivity contribution in [1.29, 1.82) is 0 Å². The topological polar surface area (TPSA) is 47.3 Å². The van der Waals surface area contributed by atoms with Gasteiger partial charge in [-0.1, -0.05) is 23.7 Å². The zero-order valence-electron chi connectivity index (χ0n) is 7.66. The lowest BCUT2D eigenvalue weighted by atomic mass is 10.1. The second-order valence-corrected chi connectivity index (χ2v) is 3.55. The molecule has 0 aliphatic rings. The molecule has 3 nitrogen and oxygen atoms in total. The van der Waals surface area contributed by atoms with E-state index in [-0.39, 0.29) is 11.3 Å². The lowest BCUT2D eigenvalue weighted by molar-refractivity contribution is 0.209. The number of hydrogen-bond donors (Lipinski definition) is 2. The van der Waals surface area contributed by atoms with E-state index < -0.39 is 0 Å². The van der Waals surface area contributed by atoms with Crippen molar-refractivity contribution >= 4 is 29.0 Å². The minimum atomic E-state index is -0.143. The third kappa shape index (κ3) is 3.14. The van der Waals surface area contributed by atoms with Crippen LogP contribution in [-0.2, 0) is 4.74 Å². The Labute approximate surface area is 93.2 Å². The van der Waals surface area contributed by atoms with Gasteiger partial charge in [-0.2, -0.15) is 0 Å². The van der Waals surface area contributed by atoms with E-state index >= 15 is 0 Å². The third-order valence-corrected chi connectivity index (χ3v) is 2.21. The maximum atomic E-state index is 5.75. The van der Waals surface area contributed by atoms with Crippen molar-refractivity contribution in [3.05, 3.63) is 34.9 Å². The highest BCUT2D eigenvalue weighted by molar-refractivity contribution is 7.80. The SMILES string of the molecule is CC(OC(=S)NN)c1ccc(Cl)cc1. The molecule has 1 aromatic rings. The number of thiocarbonyl (C=S) groups is 1. The van der Waals surface area contributed by atoms with Gasteiger partial charge < -0.3 is 4.74 Å². The molecule has 14 heavy (non-hydrogen) atoms. The first-order valence-electron chi connectivity index (χ1n) is 4.06. The number of halogens is 1. The van der Waals surface area contributed by atoms with Crippen LogP contribution in [0.2, 0.25) is 5.02 Å². The smallest absolute Gasteiger partial charge is 0.271 e. The Hall–Kier alpha value is -0.840. The molecule has 0 amide bonds. The van der Waals surface area contributed by atoms with E-state index in [2.05, 4.69) is 5.43 Å². The zero-order chi connectivity index (χ0) is 10.6. The highest BCUT2D eigenvalue weighted by Gasteiger charge is 2.07. The molecule has 76 valence electrons. The summed E-state index contributed by atoms with van der Waals surface area (Å²) in [4.78, 5) is 0. The molecule has 0 heterocycles. The van der Waals surface area contributed by atoms with Crippen LogP contribution in [0.15, 0.2) is 24.3 Å². The van der Waals surface area contributed by atoms with E-state index in [1.807, 2.05) is 19.1 Å². The molecule has 0 radical (unpaired) electrons. The molecule has 0 saturated carbocycles. The second kappa shape index (κ2) is 5.14. The summed E-state index contributed by atoms with van der Waals surface area (Å²) in [5.41, 5.74) is 3.25. The van der Waals surface area contributed by atoms with Gasteiger partial charge >= 0.3 is 0 Å². The molecule has 1 unspecified atom stereocenters. The summed E-state index contributed by atoms with van der Waals surface area (Å²) in [5, 5.41) is 0.868. The van der Waals surface area contributed by atoms with Crippen LogP contribution >= 0.6 is 23.8 Å². The van der Waals surface area contributed by atoms with E-state index in [1.165, 1.54) is 0 Å². The Morgan fingerprint density at radius 1 is 1.50 bits per heavy atom. The molecular weight excluding hydrogens is 220 g/mol. The largest absolute Gasteiger partial charge is 0.462 e. The molecule has 0 spiro atoms.